The van der Waals surface area contributed by atoms with Crippen LogP contribution in [0.25, 0.3) is 0 Å². The van der Waals surface area contributed by atoms with Crippen LogP contribution in [0, 0.1) is 23.5 Å². The lowest BCUT2D eigenvalue weighted by Crippen LogP contribution is -2.35. The monoisotopic (exact) mass is 430 g/mol. The number of rotatable bonds is 11. The first-order valence-electron chi connectivity index (χ1n) is 11.3. The fraction of sp³-hybridized carbons (Fsp3) is 0.500. The summed E-state index contributed by atoms with van der Waals surface area (Å²) in [5, 5.41) is 2.60. The minimum atomic E-state index is -0.775. The summed E-state index contributed by atoms with van der Waals surface area (Å²) in [6.07, 6.45) is 5.20. The van der Waals surface area contributed by atoms with E-state index in [1.54, 1.807) is 4.90 Å². The van der Waals surface area contributed by atoms with Crippen molar-refractivity contribution in [1.29, 1.82) is 0 Å². The van der Waals surface area contributed by atoms with Gasteiger partial charge in [-0.3, -0.25) is 0 Å². The normalized spacial score (nSPS) is 11.2. The molecule has 5 heteroatoms. The van der Waals surface area contributed by atoms with Gasteiger partial charge >= 0.3 is 6.03 Å². The largest absolute Gasteiger partial charge is 0.322 e. The van der Waals surface area contributed by atoms with E-state index < -0.39 is 11.6 Å². The number of nitrogens with one attached hydrogen (secondary N) is 1. The molecule has 0 aliphatic rings. The molecule has 3 nitrogen and oxygen atoms in total. The number of hydrogen-bond donors (Lipinski definition) is 1. The van der Waals surface area contributed by atoms with Crippen molar-refractivity contribution in [1.82, 2.24) is 4.90 Å². The Hall–Kier alpha value is -2.43. The van der Waals surface area contributed by atoms with E-state index >= 15 is 0 Å². The highest BCUT2D eigenvalue weighted by Gasteiger charge is 2.16. The molecule has 0 heterocycles. The van der Waals surface area contributed by atoms with Gasteiger partial charge in [0.15, 0.2) is 0 Å². The van der Waals surface area contributed by atoms with E-state index in [-0.39, 0.29) is 11.7 Å². The second-order valence-electron chi connectivity index (χ2n) is 9.11. The fourth-order valence-electron chi connectivity index (χ4n) is 3.38. The third-order valence-corrected chi connectivity index (χ3v) is 5.33. The van der Waals surface area contributed by atoms with E-state index in [4.69, 9.17) is 0 Å². The van der Waals surface area contributed by atoms with Crippen LogP contribution in [0.2, 0.25) is 0 Å². The molecule has 2 aromatic carbocycles. The number of nitrogens with zero attached hydrogens (tertiary/aromatic N) is 1. The zero-order valence-corrected chi connectivity index (χ0v) is 19.3. The van der Waals surface area contributed by atoms with Gasteiger partial charge < -0.3 is 10.2 Å². The van der Waals surface area contributed by atoms with Crippen molar-refractivity contribution in [3.05, 3.63) is 65.2 Å². The van der Waals surface area contributed by atoms with Crippen LogP contribution >= 0.6 is 0 Å². The number of aryl methyl sites for hydroxylation is 1. The van der Waals surface area contributed by atoms with Crippen LogP contribution in [-0.4, -0.2) is 17.5 Å². The Morgan fingerprint density at radius 2 is 1.55 bits per heavy atom. The average Bonchev–Trinajstić information content (AvgIpc) is 2.71. The summed E-state index contributed by atoms with van der Waals surface area (Å²) >= 11 is 0. The van der Waals surface area contributed by atoms with Gasteiger partial charge in [0.25, 0.3) is 0 Å². The zero-order chi connectivity index (χ0) is 22.8. The molecule has 0 bridgehead atoms. The maximum absolute atomic E-state index is 14.0. The van der Waals surface area contributed by atoms with Gasteiger partial charge in [0.05, 0.1) is 5.69 Å². The molecule has 2 rings (SSSR count). The van der Waals surface area contributed by atoms with Crippen molar-refractivity contribution in [2.75, 3.05) is 11.9 Å². The highest BCUT2D eigenvalue weighted by atomic mass is 19.1. The summed E-state index contributed by atoms with van der Waals surface area (Å²) in [5.74, 6) is -0.160. The molecule has 0 fully saturated rings. The molecule has 0 atom stereocenters. The molecule has 170 valence electrons. The number of benzene rings is 2. The van der Waals surface area contributed by atoms with Gasteiger partial charge in [-0.1, -0.05) is 64.8 Å². The van der Waals surface area contributed by atoms with Gasteiger partial charge in [-0.25, -0.2) is 13.6 Å². The quantitative estimate of drug-likeness (QED) is 0.370. The van der Waals surface area contributed by atoms with Crippen LogP contribution in [-0.2, 0) is 13.0 Å². The van der Waals surface area contributed by atoms with Gasteiger partial charge in [0, 0.05) is 19.2 Å². The Balaban J connectivity index is 2.05. The topological polar surface area (TPSA) is 32.3 Å². The van der Waals surface area contributed by atoms with Crippen molar-refractivity contribution in [2.45, 2.75) is 66.3 Å². The Bertz CT molecular complexity index is 819. The Kier molecular flexibility index (Phi) is 9.96. The summed E-state index contributed by atoms with van der Waals surface area (Å²) < 4.78 is 27.2. The first-order chi connectivity index (χ1) is 14.7. The molecule has 0 aliphatic heterocycles. The standard InChI is InChI=1S/C26H36F2N2O/c1-19(2)7-5-6-16-30(26(31)29-25-15-14-23(27)17-24(25)28)18-22-12-10-21(11-13-22)9-8-20(3)4/h10-15,17,19-20H,5-9,16,18H2,1-4H3,(H,29,31). The Morgan fingerprint density at radius 1 is 0.903 bits per heavy atom. The van der Waals surface area contributed by atoms with Crippen LogP contribution in [0.5, 0.6) is 0 Å². The minimum Gasteiger partial charge on any atom is -0.320 e. The number of unbranched alkanes of at least 4 members (excludes halogenated alkanes) is 1. The molecule has 0 unspecified atom stereocenters. The first kappa shape index (κ1) is 24.8. The number of urea groups is 1. The third kappa shape index (κ3) is 9.07. The predicted molar refractivity (Wildman–Crippen MR) is 124 cm³/mol. The molecule has 1 N–H and O–H groups in total. The third-order valence-electron chi connectivity index (χ3n) is 5.33. The van der Waals surface area contributed by atoms with Crippen LogP contribution < -0.4 is 5.32 Å². The molecule has 2 aromatic rings. The van der Waals surface area contributed by atoms with Crippen molar-refractivity contribution in [2.24, 2.45) is 11.8 Å². The number of amides is 2. The van der Waals surface area contributed by atoms with Crippen molar-refractivity contribution in [3.8, 4) is 0 Å². The second-order valence-corrected chi connectivity index (χ2v) is 9.11. The predicted octanol–water partition coefficient (Wildman–Crippen LogP) is 7.41. The molecule has 0 saturated heterocycles. The number of hydrogen-bond acceptors (Lipinski definition) is 1. The fourth-order valence-corrected chi connectivity index (χ4v) is 3.38. The van der Waals surface area contributed by atoms with E-state index in [0.717, 1.165) is 49.8 Å². The van der Waals surface area contributed by atoms with Gasteiger partial charge in [-0.15, -0.1) is 0 Å². The molecular formula is C26H36F2N2O. The van der Waals surface area contributed by atoms with Crippen molar-refractivity contribution in [3.63, 3.8) is 0 Å². The van der Waals surface area contributed by atoms with Crippen LogP contribution in [0.4, 0.5) is 19.3 Å². The zero-order valence-electron chi connectivity index (χ0n) is 19.3. The maximum Gasteiger partial charge on any atom is 0.322 e. The van der Waals surface area contributed by atoms with Crippen LogP contribution in [0.3, 0.4) is 0 Å². The molecule has 31 heavy (non-hydrogen) atoms. The van der Waals surface area contributed by atoms with E-state index in [0.29, 0.717) is 24.9 Å². The lowest BCUT2D eigenvalue weighted by Gasteiger charge is -2.24. The highest BCUT2D eigenvalue weighted by Crippen LogP contribution is 2.18. The molecule has 0 aromatic heterocycles. The van der Waals surface area contributed by atoms with E-state index in [1.165, 1.54) is 11.6 Å². The van der Waals surface area contributed by atoms with Crippen LogP contribution in [0.1, 0.15) is 64.5 Å². The van der Waals surface area contributed by atoms with Crippen molar-refractivity contribution >= 4 is 11.7 Å². The summed E-state index contributed by atoms with van der Waals surface area (Å²) in [6, 6.07) is 11.1. The molecule has 0 spiro atoms. The van der Waals surface area contributed by atoms with Crippen LogP contribution in [0.15, 0.2) is 42.5 Å². The SMILES string of the molecule is CC(C)CCCCN(Cc1ccc(CCC(C)C)cc1)C(=O)Nc1ccc(F)cc1F. The van der Waals surface area contributed by atoms with Gasteiger partial charge in [0.2, 0.25) is 0 Å². The lowest BCUT2D eigenvalue weighted by molar-refractivity contribution is 0.207. The maximum atomic E-state index is 14.0. The van der Waals surface area contributed by atoms with Gasteiger partial charge in [0.1, 0.15) is 11.6 Å². The summed E-state index contributed by atoms with van der Waals surface area (Å²) in [4.78, 5) is 14.6. The lowest BCUT2D eigenvalue weighted by atomic mass is 10.0. The van der Waals surface area contributed by atoms with E-state index in [2.05, 4.69) is 57.3 Å². The average molecular weight is 431 g/mol. The second kappa shape index (κ2) is 12.4. The Labute approximate surface area is 185 Å². The Morgan fingerprint density at radius 3 is 2.16 bits per heavy atom. The molecule has 0 aliphatic carbocycles. The summed E-state index contributed by atoms with van der Waals surface area (Å²) in [6.45, 7) is 9.82. The van der Waals surface area contributed by atoms with E-state index in [1.807, 2.05) is 0 Å². The van der Waals surface area contributed by atoms with Crippen molar-refractivity contribution < 1.29 is 13.6 Å². The number of halogens is 2. The summed E-state index contributed by atoms with van der Waals surface area (Å²) in [7, 11) is 0. The van der Waals surface area contributed by atoms with Gasteiger partial charge in [-0.05, 0) is 54.4 Å². The minimum absolute atomic E-state index is 0.0115. The highest BCUT2D eigenvalue weighted by molar-refractivity contribution is 5.89. The molecular weight excluding hydrogens is 394 g/mol. The van der Waals surface area contributed by atoms with Gasteiger partial charge in [-0.2, -0.15) is 0 Å². The van der Waals surface area contributed by atoms with E-state index in [9.17, 15) is 13.6 Å². The number of anilines is 1. The number of carbonyl (C=O) groups excluding carboxylic acids is 1. The molecule has 0 saturated carbocycles. The number of carbonyl (C=O) groups is 1. The first-order valence-corrected chi connectivity index (χ1v) is 11.3. The summed E-state index contributed by atoms with van der Waals surface area (Å²) in [5.41, 5.74) is 2.31. The molecule has 2 amide bonds. The smallest absolute Gasteiger partial charge is 0.320 e. The molecule has 0 radical (unpaired) electrons.